The summed E-state index contributed by atoms with van der Waals surface area (Å²) in [6.45, 7) is 4.60. The van der Waals surface area contributed by atoms with E-state index in [2.05, 4.69) is 20.6 Å². The molecule has 1 amide bonds. The van der Waals surface area contributed by atoms with Gasteiger partial charge in [0.1, 0.15) is 5.82 Å². The number of nitrogens with zero attached hydrogens (tertiary/aromatic N) is 2. The zero-order valence-corrected chi connectivity index (χ0v) is 8.37. The molecule has 0 aromatic carbocycles. The van der Waals surface area contributed by atoms with E-state index in [0.29, 0.717) is 12.4 Å². The highest BCUT2D eigenvalue weighted by Crippen LogP contribution is 1.99. The van der Waals surface area contributed by atoms with E-state index in [1.165, 1.54) is 0 Å². The Bertz CT molecular complexity index is 313. The second-order valence-corrected chi connectivity index (χ2v) is 2.85. The smallest absolute Gasteiger partial charge is 0.239 e. The minimum Gasteiger partial charge on any atom is -0.360 e. The maximum atomic E-state index is 11.1. The number of likely N-dealkylation sites (N-methyl/N-ethyl adjacent to an activating group) is 1. The van der Waals surface area contributed by atoms with Crippen molar-refractivity contribution in [1.82, 2.24) is 15.3 Å². The van der Waals surface area contributed by atoms with Crippen molar-refractivity contribution in [3.8, 4) is 0 Å². The molecule has 0 bridgehead atoms. The second-order valence-electron chi connectivity index (χ2n) is 2.85. The molecule has 0 saturated heterocycles. The lowest BCUT2D eigenvalue weighted by Crippen LogP contribution is -2.29. The average Bonchev–Trinajstić information content (AvgIpc) is 2.15. The van der Waals surface area contributed by atoms with Gasteiger partial charge in [-0.2, -0.15) is 0 Å². The van der Waals surface area contributed by atoms with Crippen molar-refractivity contribution >= 4 is 11.7 Å². The summed E-state index contributed by atoms with van der Waals surface area (Å²) in [7, 11) is 0. The van der Waals surface area contributed by atoms with Crippen LogP contribution in [0.15, 0.2) is 12.4 Å². The Morgan fingerprint density at radius 3 is 2.93 bits per heavy atom. The molecular weight excluding hydrogens is 180 g/mol. The zero-order chi connectivity index (χ0) is 10.4. The van der Waals surface area contributed by atoms with Gasteiger partial charge in [-0.1, -0.05) is 0 Å². The molecule has 1 rings (SSSR count). The van der Waals surface area contributed by atoms with Gasteiger partial charge in [0.15, 0.2) is 0 Å². The van der Waals surface area contributed by atoms with E-state index < -0.39 is 0 Å². The highest BCUT2D eigenvalue weighted by Gasteiger charge is 1.99. The van der Waals surface area contributed by atoms with E-state index in [-0.39, 0.29) is 12.5 Å². The Morgan fingerprint density at radius 1 is 1.50 bits per heavy atom. The van der Waals surface area contributed by atoms with Crippen molar-refractivity contribution in [2.75, 3.05) is 18.4 Å². The lowest BCUT2D eigenvalue weighted by atomic mass is 10.5. The molecule has 0 aliphatic rings. The number of amides is 1. The molecule has 0 atom stereocenters. The minimum atomic E-state index is -0.0455. The largest absolute Gasteiger partial charge is 0.360 e. The SMILES string of the molecule is CCNC(=O)CNc1cncc(C)n1. The molecule has 5 heteroatoms. The van der Waals surface area contributed by atoms with E-state index in [0.717, 1.165) is 5.69 Å². The van der Waals surface area contributed by atoms with Crippen molar-refractivity contribution < 1.29 is 4.79 Å². The lowest BCUT2D eigenvalue weighted by molar-refractivity contribution is -0.119. The standard InChI is InChI=1S/C9H14N4O/c1-3-11-9(14)6-12-8-5-10-4-7(2)13-8/h4-5H,3,6H2,1-2H3,(H,11,14)(H,12,13). The molecule has 14 heavy (non-hydrogen) atoms. The Balaban J connectivity index is 2.41. The third-order valence-corrected chi connectivity index (χ3v) is 1.56. The molecule has 0 fully saturated rings. The highest BCUT2D eigenvalue weighted by molar-refractivity contribution is 5.80. The minimum absolute atomic E-state index is 0.0455. The topological polar surface area (TPSA) is 66.9 Å². The summed E-state index contributed by atoms with van der Waals surface area (Å²) in [6, 6.07) is 0. The quantitative estimate of drug-likeness (QED) is 0.725. The third-order valence-electron chi connectivity index (χ3n) is 1.56. The fourth-order valence-electron chi connectivity index (χ4n) is 0.979. The van der Waals surface area contributed by atoms with Crippen LogP contribution in [-0.2, 0) is 4.79 Å². The second kappa shape index (κ2) is 5.16. The molecule has 0 aliphatic heterocycles. The first-order valence-corrected chi connectivity index (χ1v) is 4.51. The maximum absolute atomic E-state index is 11.1. The fourth-order valence-corrected chi connectivity index (χ4v) is 0.979. The molecule has 0 radical (unpaired) electrons. The summed E-state index contributed by atoms with van der Waals surface area (Å²) in [6.07, 6.45) is 3.25. The van der Waals surface area contributed by atoms with E-state index in [1.54, 1.807) is 12.4 Å². The van der Waals surface area contributed by atoms with E-state index >= 15 is 0 Å². The number of nitrogens with one attached hydrogen (secondary N) is 2. The third kappa shape index (κ3) is 3.38. The van der Waals surface area contributed by atoms with Crippen molar-refractivity contribution in [2.24, 2.45) is 0 Å². The number of aromatic nitrogens is 2. The van der Waals surface area contributed by atoms with E-state index in [4.69, 9.17) is 0 Å². The van der Waals surface area contributed by atoms with Crippen LogP contribution >= 0.6 is 0 Å². The van der Waals surface area contributed by atoms with Crippen molar-refractivity contribution in [3.05, 3.63) is 18.1 Å². The predicted octanol–water partition coefficient (Wildman–Crippen LogP) is 0.333. The van der Waals surface area contributed by atoms with Crippen LogP contribution in [0.3, 0.4) is 0 Å². The normalized spacial score (nSPS) is 9.57. The number of hydrogen-bond acceptors (Lipinski definition) is 4. The van der Waals surface area contributed by atoms with Gasteiger partial charge < -0.3 is 10.6 Å². The van der Waals surface area contributed by atoms with Crippen LogP contribution in [0.25, 0.3) is 0 Å². The Hall–Kier alpha value is -1.65. The summed E-state index contributed by atoms with van der Waals surface area (Å²) in [4.78, 5) is 19.2. The molecule has 1 aromatic rings. The molecular formula is C9H14N4O. The number of aryl methyl sites for hydroxylation is 1. The molecule has 5 nitrogen and oxygen atoms in total. The first-order chi connectivity index (χ1) is 6.72. The maximum Gasteiger partial charge on any atom is 0.239 e. The molecule has 76 valence electrons. The summed E-state index contributed by atoms with van der Waals surface area (Å²) in [5.41, 5.74) is 0.825. The molecule has 0 spiro atoms. The molecule has 2 N–H and O–H groups in total. The number of carbonyl (C=O) groups excluding carboxylic acids is 1. The number of rotatable bonds is 4. The van der Waals surface area contributed by atoms with E-state index in [1.807, 2.05) is 13.8 Å². The van der Waals surface area contributed by atoms with Crippen LogP contribution in [0.5, 0.6) is 0 Å². The van der Waals surface area contributed by atoms with Gasteiger partial charge in [-0.25, -0.2) is 4.98 Å². The molecule has 1 aromatic heterocycles. The van der Waals surface area contributed by atoms with Gasteiger partial charge in [0.05, 0.1) is 18.4 Å². The predicted molar refractivity (Wildman–Crippen MR) is 53.9 cm³/mol. The summed E-state index contributed by atoms with van der Waals surface area (Å²) < 4.78 is 0. The van der Waals surface area contributed by atoms with Crippen molar-refractivity contribution in [3.63, 3.8) is 0 Å². The van der Waals surface area contributed by atoms with E-state index in [9.17, 15) is 4.79 Å². The van der Waals surface area contributed by atoms with Gasteiger partial charge in [0.25, 0.3) is 0 Å². The first-order valence-electron chi connectivity index (χ1n) is 4.51. The number of carbonyl (C=O) groups is 1. The van der Waals surface area contributed by atoms with Crippen LogP contribution in [-0.4, -0.2) is 29.0 Å². The van der Waals surface area contributed by atoms with Crippen LogP contribution in [0.2, 0.25) is 0 Å². The van der Waals surface area contributed by atoms with Gasteiger partial charge in [-0.3, -0.25) is 9.78 Å². The van der Waals surface area contributed by atoms with Gasteiger partial charge >= 0.3 is 0 Å². The van der Waals surface area contributed by atoms with Gasteiger partial charge in [0.2, 0.25) is 5.91 Å². The first kappa shape index (κ1) is 10.4. The van der Waals surface area contributed by atoms with Crippen LogP contribution < -0.4 is 10.6 Å². The molecule has 0 unspecified atom stereocenters. The van der Waals surface area contributed by atoms with Crippen LogP contribution in [0.1, 0.15) is 12.6 Å². The van der Waals surface area contributed by atoms with Crippen LogP contribution in [0.4, 0.5) is 5.82 Å². The van der Waals surface area contributed by atoms with Crippen LogP contribution in [0, 0.1) is 6.92 Å². The highest BCUT2D eigenvalue weighted by atomic mass is 16.1. The summed E-state index contributed by atoms with van der Waals surface area (Å²) in [5.74, 6) is 0.576. The molecule has 1 heterocycles. The Morgan fingerprint density at radius 2 is 2.29 bits per heavy atom. The Labute approximate surface area is 83.0 Å². The monoisotopic (exact) mass is 194 g/mol. The van der Waals surface area contributed by atoms with Gasteiger partial charge in [-0.05, 0) is 13.8 Å². The van der Waals surface area contributed by atoms with Gasteiger partial charge in [-0.15, -0.1) is 0 Å². The van der Waals surface area contributed by atoms with Crippen molar-refractivity contribution in [1.29, 1.82) is 0 Å². The molecule has 0 aliphatic carbocycles. The van der Waals surface area contributed by atoms with Crippen molar-refractivity contribution in [2.45, 2.75) is 13.8 Å². The Kier molecular flexibility index (Phi) is 3.84. The zero-order valence-electron chi connectivity index (χ0n) is 8.37. The average molecular weight is 194 g/mol. The van der Waals surface area contributed by atoms with Gasteiger partial charge in [0, 0.05) is 12.7 Å². The fraction of sp³-hybridized carbons (Fsp3) is 0.444. The molecule has 0 saturated carbocycles. The number of anilines is 1. The summed E-state index contributed by atoms with van der Waals surface area (Å²) >= 11 is 0. The summed E-state index contributed by atoms with van der Waals surface area (Å²) in [5, 5.41) is 5.57. The number of hydrogen-bond donors (Lipinski definition) is 2. The lowest BCUT2D eigenvalue weighted by Gasteiger charge is -2.05.